The van der Waals surface area contributed by atoms with Crippen LogP contribution in [0.1, 0.15) is 25.0 Å². The Balaban J connectivity index is 1.79. The molecule has 0 unspecified atom stereocenters. The highest BCUT2D eigenvalue weighted by Gasteiger charge is 2.06. The molecule has 2 aromatic rings. The van der Waals surface area contributed by atoms with Crippen LogP contribution in [-0.2, 0) is 13.1 Å². The molecule has 0 saturated carbocycles. The molecule has 0 saturated heterocycles. The number of halogens is 2. The number of nitrogens with one attached hydrogen (secondary N) is 3. The predicted molar refractivity (Wildman–Crippen MR) is 108 cm³/mol. The van der Waals surface area contributed by atoms with Gasteiger partial charge < -0.3 is 20.3 Å². The van der Waals surface area contributed by atoms with Crippen molar-refractivity contribution in [3.63, 3.8) is 0 Å². The van der Waals surface area contributed by atoms with E-state index in [0.29, 0.717) is 17.3 Å². The Labute approximate surface area is 164 Å². The van der Waals surface area contributed by atoms with Crippen LogP contribution < -0.4 is 20.3 Å². The van der Waals surface area contributed by atoms with Crippen LogP contribution in [0, 0.1) is 0 Å². The monoisotopic (exact) mass is 394 g/mol. The molecule has 2 aromatic carbocycles. The molecule has 7 heteroatoms. The first-order chi connectivity index (χ1) is 13.0. The first kappa shape index (κ1) is 21.1. The summed E-state index contributed by atoms with van der Waals surface area (Å²) in [5, 5.41) is 6.63. The summed E-state index contributed by atoms with van der Waals surface area (Å²) >= 11 is 5.28. The summed E-state index contributed by atoms with van der Waals surface area (Å²) in [6.45, 7) is 5.45. The lowest BCUT2D eigenvalue weighted by Gasteiger charge is -2.15. The van der Waals surface area contributed by atoms with Crippen molar-refractivity contribution < 1.29 is 18.4 Å². The number of ether oxygens (including phenoxy) is 1. The maximum atomic E-state index is 12.1. The van der Waals surface area contributed by atoms with E-state index in [2.05, 4.69) is 53.5 Å². The maximum Gasteiger partial charge on any atom is 0.387 e. The van der Waals surface area contributed by atoms with Gasteiger partial charge >= 0.3 is 6.61 Å². The molecule has 0 amide bonds. The van der Waals surface area contributed by atoms with Crippen LogP contribution in [0.25, 0.3) is 0 Å². The van der Waals surface area contributed by atoms with Gasteiger partial charge in [0.1, 0.15) is 12.3 Å². The van der Waals surface area contributed by atoms with Crippen molar-refractivity contribution in [2.45, 2.75) is 33.5 Å². The zero-order chi connectivity index (χ0) is 19.6. The number of alkyl halides is 2. The molecule has 0 radical (unpaired) electrons. The third-order valence-corrected chi connectivity index (χ3v) is 4.51. The van der Waals surface area contributed by atoms with Crippen LogP contribution in [0.5, 0.6) is 5.75 Å². The second-order valence-electron chi connectivity index (χ2n) is 6.16. The van der Waals surface area contributed by atoms with Crippen molar-refractivity contribution in [3.8, 4) is 5.75 Å². The summed E-state index contributed by atoms with van der Waals surface area (Å²) in [7, 11) is 0. The van der Waals surface area contributed by atoms with Crippen LogP contribution in [-0.4, -0.2) is 24.8 Å². The lowest BCUT2D eigenvalue weighted by Crippen LogP contribution is -3.10. The lowest BCUT2D eigenvalue weighted by molar-refractivity contribution is -0.910. The average Bonchev–Trinajstić information content (AvgIpc) is 2.66. The molecular weight excluding hydrogens is 368 g/mol. The Bertz CT molecular complexity index is 704. The Hall–Kier alpha value is -2.25. The molecule has 0 aliphatic carbocycles. The van der Waals surface area contributed by atoms with Gasteiger partial charge in [0, 0.05) is 17.8 Å². The molecule has 146 valence electrons. The fourth-order valence-corrected chi connectivity index (χ4v) is 2.83. The minimum Gasteiger partial charge on any atom is -0.435 e. The van der Waals surface area contributed by atoms with E-state index >= 15 is 0 Å². The van der Waals surface area contributed by atoms with Gasteiger partial charge in [0.05, 0.1) is 13.1 Å². The van der Waals surface area contributed by atoms with Crippen molar-refractivity contribution in [2.75, 3.05) is 18.4 Å². The zero-order valence-corrected chi connectivity index (χ0v) is 16.4. The van der Waals surface area contributed by atoms with Crippen LogP contribution in [0.4, 0.5) is 14.5 Å². The first-order valence-electron chi connectivity index (χ1n) is 9.01. The van der Waals surface area contributed by atoms with Crippen molar-refractivity contribution in [1.29, 1.82) is 0 Å². The van der Waals surface area contributed by atoms with Crippen molar-refractivity contribution >= 4 is 23.0 Å². The predicted octanol–water partition coefficient (Wildman–Crippen LogP) is 3.20. The van der Waals surface area contributed by atoms with Crippen molar-refractivity contribution in [1.82, 2.24) is 5.32 Å². The van der Waals surface area contributed by atoms with E-state index in [1.807, 2.05) is 0 Å². The molecule has 4 nitrogen and oxygen atoms in total. The van der Waals surface area contributed by atoms with Crippen LogP contribution in [0.15, 0.2) is 48.5 Å². The van der Waals surface area contributed by atoms with Crippen LogP contribution in [0.2, 0.25) is 0 Å². The largest absolute Gasteiger partial charge is 0.435 e. The van der Waals surface area contributed by atoms with E-state index in [4.69, 9.17) is 12.2 Å². The second kappa shape index (κ2) is 10.8. The highest BCUT2D eigenvalue weighted by Crippen LogP contribution is 2.17. The summed E-state index contributed by atoms with van der Waals surface area (Å²) in [5.41, 5.74) is 3.16. The van der Waals surface area contributed by atoms with Gasteiger partial charge in [-0.15, -0.1) is 0 Å². The fourth-order valence-electron chi connectivity index (χ4n) is 2.64. The minimum absolute atomic E-state index is 0.112. The van der Waals surface area contributed by atoms with Gasteiger partial charge in [-0.25, -0.2) is 0 Å². The van der Waals surface area contributed by atoms with E-state index in [1.165, 1.54) is 17.7 Å². The number of hydrogen-bond acceptors (Lipinski definition) is 2. The summed E-state index contributed by atoms with van der Waals surface area (Å²) in [6.07, 6.45) is 0. The Kier molecular flexibility index (Phi) is 8.42. The molecule has 2 rings (SSSR count). The minimum atomic E-state index is -2.83. The Morgan fingerprint density at radius 2 is 1.59 bits per heavy atom. The molecule has 0 atom stereocenters. The molecule has 0 heterocycles. The van der Waals surface area contributed by atoms with Gasteiger partial charge in [-0.3, -0.25) is 0 Å². The molecule has 0 aromatic heterocycles. The smallest absolute Gasteiger partial charge is 0.387 e. The van der Waals surface area contributed by atoms with E-state index < -0.39 is 6.61 Å². The highest BCUT2D eigenvalue weighted by atomic mass is 32.1. The zero-order valence-electron chi connectivity index (χ0n) is 15.6. The molecule has 0 aliphatic heterocycles. The normalized spacial score (nSPS) is 10.9. The third kappa shape index (κ3) is 7.48. The Morgan fingerprint density at radius 1 is 1.00 bits per heavy atom. The number of quaternary nitrogens is 1. The first-order valence-corrected chi connectivity index (χ1v) is 9.42. The summed E-state index contributed by atoms with van der Waals surface area (Å²) in [4.78, 5) is 1.55. The molecule has 0 aliphatic rings. The molecular formula is C20H26F2N3OS+. The summed E-state index contributed by atoms with van der Waals surface area (Å²) < 4.78 is 28.6. The summed E-state index contributed by atoms with van der Waals surface area (Å²) in [6, 6.07) is 14.7. The highest BCUT2D eigenvalue weighted by molar-refractivity contribution is 7.80. The molecule has 0 fully saturated rings. The van der Waals surface area contributed by atoms with Gasteiger partial charge in [-0.05, 0) is 55.9 Å². The number of hydrogen-bond donors (Lipinski definition) is 3. The van der Waals surface area contributed by atoms with Gasteiger partial charge in [0.2, 0.25) is 0 Å². The number of anilines is 1. The van der Waals surface area contributed by atoms with E-state index in [9.17, 15) is 8.78 Å². The SMILES string of the molecule is CC[NH+](CC)Cc1ccc(CNC(=S)Nc2ccc(OC(F)F)cc2)cc1. The van der Waals surface area contributed by atoms with Gasteiger partial charge in [0.15, 0.2) is 5.11 Å². The number of thiocarbonyl (C=S) groups is 1. The molecule has 0 bridgehead atoms. The van der Waals surface area contributed by atoms with Crippen molar-refractivity contribution in [2.24, 2.45) is 0 Å². The van der Waals surface area contributed by atoms with E-state index in [-0.39, 0.29) is 5.75 Å². The van der Waals surface area contributed by atoms with Crippen LogP contribution >= 0.6 is 12.2 Å². The summed E-state index contributed by atoms with van der Waals surface area (Å²) in [5.74, 6) is 0.112. The van der Waals surface area contributed by atoms with E-state index in [1.54, 1.807) is 17.0 Å². The van der Waals surface area contributed by atoms with Crippen LogP contribution in [0.3, 0.4) is 0 Å². The topological polar surface area (TPSA) is 37.7 Å². The van der Waals surface area contributed by atoms with E-state index in [0.717, 1.165) is 25.2 Å². The standard InChI is InChI=1S/C20H25F2N3OS/c1-3-25(4-2)14-16-7-5-15(6-8-16)13-23-20(27)24-17-9-11-18(12-10-17)26-19(21)22/h5-12,19H,3-4,13-14H2,1-2H3,(H2,23,24,27)/p+1. The number of benzene rings is 2. The van der Waals surface area contributed by atoms with Gasteiger partial charge in [-0.2, -0.15) is 8.78 Å². The molecule has 0 spiro atoms. The second-order valence-corrected chi connectivity index (χ2v) is 6.57. The third-order valence-electron chi connectivity index (χ3n) is 4.27. The molecule has 3 N–H and O–H groups in total. The average molecular weight is 395 g/mol. The quantitative estimate of drug-likeness (QED) is 0.571. The van der Waals surface area contributed by atoms with Gasteiger partial charge in [0.25, 0.3) is 0 Å². The number of rotatable bonds is 9. The van der Waals surface area contributed by atoms with Gasteiger partial charge in [-0.1, -0.05) is 24.3 Å². The Morgan fingerprint density at radius 3 is 2.15 bits per heavy atom. The lowest BCUT2D eigenvalue weighted by atomic mass is 10.1. The molecule has 27 heavy (non-hydrogen) atoms. The van der Waals surface area contributed by atoms with Crippen molar-refractivity contribution in [3.05, 3.63) is 59.7 Å². The maximum absolute atomic E-state index is 12.1. The fraction of sp³-hybridized carbons (Fsp3) is 0.350.